The van der Waals surface area contributed by atoms with E-state index in [-0.39, 0.29) is 18.4 Å². The summed E-state index contributed by atoms with van der Waals surface area (Å²) in [7, 11) is 0. The Balaban J connectivity index is 1.64. The number of amides is 3. The van der Waals surface area contributed by atoms with Crippen molar-refractivity contribution in [2.75, 3.05) is 0 Å². The predicted octanol–water partition coefficient (Wildman–Crippen LogP) is 4.33. The van der Waals surface area contributed by atoms with E-state index in [0.29, 0.717) is 0 Å². The maximum Gasteiger partial charge on any atom is 0.312 e. The molecule has 0 saturated heterocycles. The Morgan fingerprint density at radius 1 is 0.759 bits per heavy atom. The van der Waals surface area contributed by atoms with Gasteiger partial charge in [0.1, 0.15) is 0 Å². The van der Waals surface area contributed by atoms with Crippen molar-refractivity contribution in [1.82, 2.24) is 10.6 Å². The number of rotatable bonds is 7. The van der Waals surface area contributed by atoms with Gasteiger partial charge in [-0.3, -0.25) is 4.79 Å². The van der Waals surface area contributed by atoms with E-state index in [4.69, 9.17) is 5.73 Å². The molecule has 0 aromatic heterocycles. The summed E-state index contributed by atoms with van der Waals surface area (Å²) in [6, 6.07) is 26.3. The number of carbonyl (C=O) groups is 2. The molecule has 0 bridgehead atoms. The van der Waals surface area contributed by atoms with Crippen LogP contribution in [0.2, 0.25) is 0 Å². The number of hydrogen-bond donors (Lipinski definition) is 3. The van der Waals surface area contributed by atoms with Crippen LogP contribution in [-0.2, 0) is 4.79 Å². The van der Waals surface area contributed by atoms with Crippen LogP contribution in [0.25, 0.3) is 11.1 Å². The minimum Gasteiger partial charge on any atom is -0.352 e. The van der Waals surface area contributed by atoms with Crippen LogP contribution in [0.5, 0.6) is 0 Å². The third kappa shape index (κ3) is 5.69. The second-order valence-corrected chi connectivity index (χ2v) is 6.95. The number of hydrogen-bond acceptors (Lipinski definition) is 2. The fourth-order valence-corrected chi connectivity index (χ4v) is 3.27. The minimum atomic E-state index is -0.656. The van der Waals surface area contributed by atoms with Crippen LogP contribution in [0.15, 0.2) is 84.9 Å². The highest BCUT2D eigenvalue weighted by atomic mass is 16.2. The lowest BCUT2D eigenvalue weighted by Crippen LogP contribution is -2.37. The normalized spacial score (nSPS) is 12.6. The van der Waals surface area contributed by atoms with Gasteiger partial charge in [0.15, 0.2) is 0 Å². The zero-order chi connectivity index (χ0) is 20.6. The number of carbonyl (C=O) groups excluding carboxylic acids is 2. The predicted molar refractivity (Wildman–Crippen MR) is 115 cm³/mol. The van der Waals surface area contributed by atoms with E-state index < -0.39 is 12.1 Å². The standard InChI is InChI=1S/C24H25N3O2/c1-17(18-12-14-20(15-13-18)19-8-4-2-5-9-19)26-23(28)16-22(27-24(25)29)21-10-6-3-7-11-21/h2-15,17,22H,16H2,1H3,(H,26,28)(H3,25,27,29)/t17-,22-/m0/s1. The average molecular weight is 387 g/mol. The van der Waals surface area contributed by atoms with Crippen molar-refractivity contribution in [3.63, 3.8) is 0 Å². The molecule has 3 aromatic rings. The van der Waals surface area contributed by atoms with Crippen molar-refractivity contribution in [3.05, 3.63) is 96.1 Å². The van der Waals surface area contributed by atoms with Gasteiger partial charge in [-0.15, -0.1) is 0 Å². The number of nitrogens with one attached hydrogen (secondary N) is 2. The van der Waals surface area contributed by atoms with Crippen LogP contribution < -0.4 is 16.4 Å². The van der Waals surface area contributed by atoms with Gasteiger partial charge in [0.25, 0.3) is 0 Å². The van der Waals surface area contributed by atoms with Gasteiger partial charge in [0.05, 0.1) is 18.5 Å². The molecular formula is C24H25N3O2. The molecular weight excluding hydrogens is 362 g/mol. The molecule has 5 heteroatoms. The lowest BCUT2D eigenvalue weighted by Gasteiger charge is -2.20. The van der Waals surface area contributed by atoms with E-state index >= 15 is 0 Å². The van der Waals surface area contributed by atoms with Gasteiger partial charge in [-0.05, 0) is 29.2 Å². The van der Waals surface area contributed by atoms with Crippen molar-refractivity contribution in [1.29, 1.82) is 0 Å². The summed E-state index contributed by atoms with van der Waals surface area (Å²) in [6.07, 6.45) is 0.111. The van der Waals surface area contributed by atoms with Crippen LogP contribution in [0.1, 0.15) is 36.6 Å². The molecule has 0 aliphatic carbocycles. The van der Waals surface area contributed by atoms with Crippen molar-refractivity contribution < 1.29 is 9.59 Å². The summed E-state index contributed by atoms with van der Waals surface area (Å²) >= 11 is 0. The highest BCUT2D eigenvalue weighted by molar-refractivity contribution is 5.79. The monoisotopic (exact) mass is 387 g/mol. The molecule has 3 amide bonds. The molecule has 3 aromatic carbocycles. The third-order valence-corrected chi connectivity index (χ3v) is 4.80. The highest BCUT2D eigenvalue weighted by Gasteiger charge is 2.19. The number of benzene rings is 3. The Bertz CT molecular complexity index is 941. The molecule has 0 fully saturated rings. The highest BCUT2D eigenvalue weighted by Crippen LogP contribution is 2.22. The van der Waals surface area contributed by atoms with Crippen LogP contribution in [0.4, 0.5) is 4.79 Å². The largest absolute Gasteiger partial charge is 0.352 e. The first-order chi connectivity index (χ1) is 14.0. The van der Waals surface area contributed by atoms with E-state index in [1.54, 1.807) is 0 Å². The van der Waals surface area contributed by atoms with Gasteiger partial charge in [-0.1, -0.05) is 84.9 Å². The van der Waals surface area contributed by atoms with Crippen LogP contribution in [0, 0.1) is 0 Å². The number of nitrogens with two attached hydrogens (primary N) is 1. The number of urea groups is 1. The SMILES string of the molecule is C[C@H](NC(=O)C[C@H](NC(N)=O)c1ccccc1)c1ccc(-c2ccccc2)cc1. The van der Waals surface area contributed by atoms with Crippen molar-refractivity contribution in [3.8, 4) is 11.1 Å². The smallest absolute Gasteiger partial charge is 0.312 e. The summed E-state index contributed by atoms with van der Waals surface area (Å²) in [5, 5.41) is 5.64. The Hall–Kier alpha value is -3.60. The fraction of sp³-hybridized carbons (Fsp3) is 0.167. The quantitative estimate of drug-likeness (QED) is 0.564. The molecule has 2 atom stereocenters. The molecule has 0 aliphatic rings. The van der Waals surface area contributed by atoms with Gasteiger partial charge in [-0.2, -0.15) is 0 Å². The molecule has 0 unspecified atom stereocenters. The molecule has 0 radical (unpaired) electrons. The van der Waals surface area contributed by atoms with Crippen LogP contribution in [0.3, 0.4) is 0 Å². The van der Waals surface area contributed by atoms with E-state index in [2.05, 4.69) is 34.9 Å². The lowest BCUT2D eigenvalue weighted by atomic mass is 10.0. The summed E-state index contributed by atoms with van der Waals surface area (Å²) in [6.45, 7) is 1.94. The summed E-state index contributed by atoms with van der Waals surface area (Å²) in [4.78, 5) is 23.9. The molecule has 3 rings (SSSR count). The van der Waals surface area contributed by atoms with Crippen LogP contribution in [-0.4, -0.2) is 11.9 Å². The minimum absolute atomic E-state index is 0.111. The molecule has 4 N–H and O–H groups in total. The summed E-state index contributed by atoms with van der Waals surface area (Å²) < 4.78 is 0. The average Bonchev–Trinajstić information content (AvgIpc) is 2.74. The molecule has 148 valence electrons. The first-order valence-corrected chi connectivity index (χ1v) is 9.58. The zero-order valence-corrected chi connectivity index (χ0v) is 16.3. The Morgan fingerprint density at radius 3 is 1.90 bits per heavy atom. The van der Waals surface area contributed by atoms with Crippen molar-refractivity contribution >= 4 is 11.9 Å². The fourth-order valence-electron chi connectivity index (χ4n) is 3.27. The van der Waals surface area contributed by atoms with E-state index in [0.717, 1.165) is 22.3 Å². The van der Waals surface area contributed by atoms with Crippen LogP contribution >= 0.6 is 0 Å². The first-order valence-electron chi connectivity index (χ1n) is 9.58. The van der Waals surface area contributed by atoms with Crippen molar-refractivity contribution in [2.24, 2.45) is 5.73 Å². The second kappa shape index (κ2) is 9.55. The van der Waals surface area contributed by atoms with Gasteiger partial charge >= 0.3 is 6.03 Å². The second-order valence-electron chi connectivity index (χ2n) is 6.95. The van der Waals surface area contributed by atoms with Gasteiger partial charge < -0.3 is 16.4 Å². The van der Waals surface area contributed by atoms with E-state index in [1.807, 2.05) is 67.6 Å². The maximum atomic E-state index is 12.6. The topological polar surface area (TPSA) is 84.2 Å². The molecule has 0 saturated carbocycles. The molecule has 5 nitrogen and oxygen atoms in total. The Labute approximate surface area is 170 Å². The molecule has 0 spiro atoms. The molecule has 0 heterocycles. The zero-order valence-electron chi connectivity index (χ0n) is 16.3. The summed E-state index contributed by atoms with van der Waals surface area (Å²) in [5.41, 5.74) is 9.40. The summed E-state index contributed by atoms with van der Waals surface area (Å²) in [5.74, 6) is -0.160. The Morgan fingerprint density at radius 2 is 1.31 bits per heavy atom. The first kappa shape index (κ1) is 20.1. The van der Waals surface area contributed by atoms with E-state index in [1.165, 1.54) is 0 Å². The Kier molecular flexibility index (Phi) is 6.63. The van der Waals surface area contributed by atoms with Gasteiger partial charge in [-0.25, -0.2) is 4.79 Å². The van der Waals surface area contributed by atoms with Gasteiger partial charge in [0.2, 0.25) is 5.91 Å². The van der Waals surface area contributed by atoms with Crippen molar-refractivity contribution in [2.45, 2.75) is 25.4 Å². The molecule has 29 heavy (non-hydrogen) atoms. The third-order valence-electron chi connectivity index (χ3n) is 4.80. The maximum absolute atomic E-state index is 12.6. The van der Waals surface area contributed by atoms with E-state index in [9.17, 15) is 9.59 Å². The van der Waals surface area contributed by atoms with Gasteiger partial charge in [0, 0.05) is 0 Å². The lowest BCUT2D eigenvalue weighted by molar-refractivity contribution is -0.122. The molecule has 0 aliphatic heterocycles. The number of primary amides is 1.